The van der Waals surface area contributed by atoms with Gasteiger partial charge in [0.25, 0.3) is 5.91 Å². The minimum Gasteiger partial charge on any atom is -0.336 e. The summed E-state index contributed by atoms with van der Waals surface area (Å²) < 4.78 is 0. The number of pyridine rings is 1. The van der Waals surface area contributed by atoms with Gasteiger partial charge < -0.3 is 10.6 Å². The minimum absolute atomic E-state index is 0.0806. The van der Waals surface area contributed by atoms with Crippen LogP contribution in [0, 0.1) is 11.8 Å². The highest BCUT2D eigenvalue weighted by molar-refractivity contribution is 5.94. The molecule has 1 amide bonds. The number of amides is 1. The van der Waals surface area contributed by atoms with E-state index in [0.29, 0.717) is 18.2 Å². The fourth-order valence-corrected chi connectivity index (χ4v) is 2.85. The number of carbonyl (C=O) groups excluding carboxylic acids is 1. The summed E-state index contributed by atoms with van der Waals surface area (Å²) in [6.45, 7) is 3.33. The third kappa shape index (κ3) is 4.05. The summed E-state index contributed by atoms with van der Waals surface area (Å²) in [5.41, 5.74) is 6.75. The number of aromatic nitrogens is 1. The van der Waals surface area contributed by atoms with Gasteiger partial charge in [0.2, 0.25) is 0 Å². The molecule has 1 aromatic heterocycles. The first kappa shape index (κ1) is 15.5. The van der Waals surface area contributed by atoms with Gasteiger partial charge in [-0.3, -0.25) is 9.78 Å². The van der Waals surface area contributed by atoms with Crippen LogP contribution in [0.25, 0.3) is 0 Å². The van der Waals surface area contributed by atoms with Gasteiger partial charge in [-0.2, -0.15) is 0 Å². The van der Waals surface area contributed by atoms with Gasteiger partial charge in [0, 0.05) is 30.5 Å². The summed E-state index contributed by atoms with van der Waals surface area (Å²) in [6, 6.07) is 2.19. The van der Waals surface area contributed by atoms with Crippen LogP contribution in [0.1, 0.15) is 54.9 Å². The van der Waals surface area contributed by atoms with E-state index in [1.165, 1.54) is 6.42 Å². The molecule has 4 heteroatoms. The van der Waals surface area contributed by atoms with E-state index < -0.39 is 0 Å². The smallest absolute Gasteiger partial charge is 0.255 e. The molecule has 0 bridgehead atoms. The van der Waals surface area contributed by atoms with Crippen LogP contribution in [0.5, 0.6) is 0 Å². The fraction of sp³-hybridized carbons (Fsp3) is 0.529. The number of hydrogen-bond acceptors (Lipinski definition) is 3. The van der Waals surface area contributed by atoms with Gasteiger partial charge >= 0.3 is 0 Å². The molecule has 0 spiro atoms. The first-order chi connectivity index (χ1) is 10.3. The van der Waals surface area contributed by atoms with E-state index >= 15 is 0 Å². The molecule has 1 fully saturated rings. The number of likely N-dealkylation sites (tertiary alicyclic amines) is 1. The first-order valence-corrected chi connectivity index (χ1v) is 7.71. The van der Waals surface area contributed by atoms with Crippen molar-refractivity contribution in [3.05, 3.63) is 29.6 Å². The Balaban J connectivity index is 2.17. The Labute approximate surface area is 126 Å². The number of rotatable bonds is 3. The molecule has 1 aliphatic rings. The van der Waals surface area contributed by atoms with Crippen LogP contribution in [0.15, 0.2) is 18.5 Å². The highest BCUT2D eigenvalue weighted by Gasteiger charge is 2.26. The highest BCUT2D eigenvalue weighted by Crippen LogP contribution is 2.22. The average molecular weight is 285 g/mol. The van der Waals surface area contributed by atoms with Crippen molar-refractivity contribution < 1.29 is 4.79 Å². The number of nitrogens with two attached hydrogens (primary N) is 1. The monoisotopic (exact) mass is 285 g/mol. The lowest BCUT2D eigenvalue weighted by atomic mass is 9.97. The molecule has 1 atom stereocenters. The molecule has 0 aromatic carbocycles. The van der Waals surface area contributed by atoms with Gasteiger partial charge in [-0.25, -0.2) is 0 Å². The third-order valence-corrected chi connectivity index (χ3v) is 3.83. The Kier molecular flexibility index (Phi) is 5.77. The Morgan fingerprint density at radius 3 is 3.10 bits per heavy atom. The normalized spacial score (nSPS) is 18.0. The van der Waals surface area contributed by atoms with Crippen molar-refractivity contribution in [2.45, 2.75) is 45.1 Å². The lowest BCUT2D eigenvalue weighted by Crippen LogP contribution is -2.43. The molecule has 1 unspecified atom stereocenters. The number of piperidine rings is 1. The second kappa shape index (κ2) is 7.80. The molecule has 1 aromatic rings. The zero-order valence-electron chi connectivity index (χ0n) is 12.6. The summed E-state index contributed by atoms with van der Waals surface area (Å²) in [5, 5.41) is 0. The molecule has 4 nitrogen and oxygen atoms in total. The molecular formula is C17H23N3O. The van der Waals surface area contributed by atoms with E-state index in [1.54, 1.807) is 12.4 Å². The molecular weight excluding hydrogens is 262 g/mol. The van der Waals surface area contributed by atoms with Crippen LogP contribution < -0.4 is 5.73 Å². The zero-order chi connectivity index (χ0) is 15.1. The summed E-state index contributed by atoms with van der Waals surface area (Å²) in [4.78, 5) is 18.9. The quantitative estimate of drug-likeness (QED) is 0.866. The van der Waals surface area contributed by atoms with Gasteiger partial charge in [0.15, 0.2) is 0 Å². The van der Waals surface area contributed by atoms with E-state index in [-0.39, 0.29) is 5.91 Å². The van der Waals surface area contributed by atoms with Crippen molar-refractivity contribution in [3.8, 4) is 11.8 Å². The largest absolute Gasteiger partial charge is 0.336 e. The molecule has 1 saturated heterocycles. The first-order valence-electron chi connectivity index (χ1n) is 7.71. The Morgan fingerprint density at radius 2 is 2.33 bits per heavy atom. The number of carbonyl (C=O) groups is 1. The van der Waals surface area contributed by atoms with Crippen LogP contribution in [-0.2, 0) is 0 Å². The standard InChI is InChI=1S/C17H23N3O/c1-2-6-16-8-3-4-10-20(16)17(21)15-11-14(7-5-9-18)12-19-13-15/h11-13,16H,2-4,6,8-10,18H2,1H3. The van der Waals surface area contributed by atoms with E-state index in [2.05, 4.69) is 23.7 Å². The average Bonchev–Trinajstić information content (AvgIpc) is 2.53. The maximum absolute atomic E-state index is 12.7. The van der Waals surface area contributed by atoms with Gasteiger partial charge in [-0.1, -0.05) is 25.2 Å². The van der Waals surface area contributed by atoms with Crippen LogP contribution >= 0.6 is 0 Å². The molecule has 2 heterocycles. The van der Waals surface area contributed by atoms with Crippen molar-refractivity contribution in [2.75, 3.05) is 13.1 Å². The van der Waals surface area contributed by atoms with Crippen LogP contribution in [0.4, 0.5) is 0 Å². The second-order valence-electron chi connectivity index (χ2n) is 5.41. The van der Waals surface area contributed by atoms with E-state index in [1.807, 2.05) is 11.0 Å². The topological polar surface area (TPSA) is 59.2 Å². The Hall–Kier alpha value is -1.86. The van der Waals surface area contributed by atoms with Crippen molar-refractivity contribution >= 4 is 5.91 Å². The van der Waals surface area contributed by atoms with Crippen LogP contribution in [0.2, 0.25) is 0 Å². The van der Waals surface area contributed by atoms with E-state index in [4.69, 9.17) is 5.73 Å². The molecule has 0 saturated carbocycles. The third-order valence-electron chi connectivity index (χ3n) is 3.83. The lowest BCUT2D eigenvalue weighted by molar-refractivity contribution is 0.0600. The van der Waals surface area contributed by atoms with E-state index in [0.717, 1.165) is 37.8 Å². The summed E-state index contributed by atoms with van der Waals surface area (Å²) in [6.07, 6.45) is 8.90. The molecule has 2 N–H and O–H groups in total. The molecule has 2 rings (SSSR count). The van der Waals surface area contributed by atoms with Gasteiger partial charge in [-0.15, -0.1) is 0 Å². The Morgan fingerprint density at radius 1 is 1.48 bits per heavy atom. The molecule has 21 heavy (non-hydrogen) atoms. The fourth-order valence-electron chi connectivity index (χ4n) is 2.85. The molecule has 112 valence electrons. The predicted molar refractivity (Wildman–Crippen MR) is 83.8 cm³/mol. The predicted octanol–water partition coefficient (Wildman–Crippen LogP) is 2.19. The van der Waals surface area contributed by atoms with Crippen LogP contribution in [-0.4, -0.2) is 34.9 Å². The van der Waals surface area contributed by atoms with Crippen LogP contribution in [0.3, 0.4) is 0 Å². The second-order valence-corrected chi connectivity index (χ2v) is 5.41. The maximum Gasteiger partial charge on any atom is 0.255 e. The zero-order valence-corrected chi connectivity index (χ0v) is 12.6. The van der Waals surface area contributed by atoms with Gasteiger partial charge in [0.05, 0.1) is 12.1 Å². The number of hydrogen-bond donors (Lipinski definition) is 1. The summed E-state index contributed by atoms with van der Waals surface area (Å²) in [7, 11) is 0. The van der Waals surface area contributed by atoms with Crippen molar-refractivity contribution in [1.82, 2.24) is 9.88 Å². The molecule has 0 aliphatic carbocycles. The van der Waals surface area contributed by atoms with Crippen molar-refractivity contribution in [2.24, 2.45) is 5.73 Å². The van der Waals surface area contributed by atoms with E-state index in [9.17, 15) is 4.79 Å². The maximum atomic E-state index is 12.7. The minimum atomic E-state index is 0.0806. The summed E-state index contributed by atoms with van der Waals surface area (Å²) in [5.74, 6) is 5.80. The number of nitrogens with zero attached hydrogens (tertiary/aromatic N) is 2. The van der Waals surface area contributed by atoms with Crippen molar-refractivity contribution in [3.63, 3.8) is 0 Å². The van der Waals surface area contributed by atoms with Gasteiger partial charge in [-0.05, 0) is 31.7 Å². The molecule has 1 aliphatic heterocycles. The highest BCUT2D eigenvalue weighted by atomic mass is 16.2. The molecule has 0 radical (unpaired) electrons. The summed E-state index contributed by atoms with van der Waals surface area (Å²) >= 11 is 0. The van der Waals surface area contributed by atoms with Gasteiger partial charge in [0.1, 0.15) is 0 Å². The van der Waals surface area contributed by atoms with Crippen molar-refractivity contribution in [1.29, 1.82) is 0 Å². The lowest BCUT2D eigenvalue weighted by Gasteiger charge is -2.35. The SMILES string of the molecule is CCCC1CCCCN1C(=O)c1cncc(C#CCN)c1. The Bertz CT molecular complexity index is 542.